The van der Waals surface area contributed by atoms with Crippen LogP contribution in [0, 0.1) is 17.5 Å². The van der Waals surface area contributed by atoms with Crippen molar-refractivity contribution in [1.29, 1.82) is 0 Å². The van der Waals surface area contributed by atoms with Gasteiger partial charge in [0.05, 0.1) is 0 Å². The van der Waals surface area contributed by atoms with Crippen molar-refractivity contribution in [2.24, 2.45) is 0 Å². The SMILES string of the molecule is CC(C)(C)OC(=O)NCC=Cc1ccc(F)c(F)c1F. The molecule has 0 saturated carbocycles. The Morgan fingerprint density at radius 3 is 2.50 bits per heavy atom. The van der Waals surface area contributed by atoms with Crippen molar-refractivity contribution < 1.29 is 22.7 Å². The van der Waals surface area contributed by atoms with E-state index in [1.807, 2.05) is 0 Å². The molecular formula is C14H16F3NO2. The number of carbonyl (C=O) groups is 1. The van der Waals surface area contributed by atoms with E-state index < -0.39 is 29.1 Å². The smallest absolute Gasteiger partial charge is 0.407 e. The molecular weight excluding hydrogens is 271 g/mol. The van der Waals surface area contributed by atoms with Crippen LogP contribution in [-0.4, -0.2) is 18.2 Å². The van der Waals surface area contributed by atoms with Gasteiger partial charge < -0.3 is 10.1 Å². The minimum Gasteiger partial charge on any atom is -0.444 e. The van der Waals surface area contributed by atoms with Gasteiger partial charge >= 0.3 is 6.09 Å². The molecule has 1 rings (SSSR count). The molecule has 0 fully saturated rings. The highest BCUT2D eigenvalue weighted by molar-refractivity contribution is 5.68. The van der Waals surface area contributed by atoms with Crippen molar-refractivity contribution in [2.75, 3.05) is 6.54 Å². The van der Waals surface area contributed by atoms with Gasteiger partial charge in [-0.05, 0) is 32.9 Å². The Morgan fingerprint density at radius 1 is 1.25 bits per heavy atom. The predicted octanol–water partition coefficient (Wildman–Crippen LogP) is 3.64. The molecule has 6 heteroatoms. The van der Waals surface area contributed by atoms with Gasteiger partial charge in [-0.2, -0.15) is 0 Å². The zero-order valence-electron chi connectivity index (χ0n) is 11.5. The van der Waals surface area contributed by atoms with E-state index in [4.69, 9.17) is 4.74 Å². The normalized spacial score (nSPS) is 11.7. The summed E-state index contributed by atoms with van der Waals surface area (Å²) in [6.45, 7) is 5.24. The molecule has 0 aliphatic carbocycles. The van der Waals surface area contributed by atoms with Crippen molar-refractivity contribution in [3.8, 4) is 0 Å². The summed E-state index contributed by atoms with van der Waals surface area (Å²) in [6.07, 6.45) is 2.03. The van der Waals surface area contributed by atoms with E-state index in [2.05, 4.69) is 5.32 Å². The molecule has 0 bridgehead atoms. The van der Waals surface area contributed by atoms with Crippen LogP contribution in [0.5, 0.6) is 0 Å². The lowest BCUT2D eigenvalue weighted by atomic mass is 10.2. The average Bonchev–Trinajstić information content (AvgIpc) is 2.32. The molecule has 0 aliphatic rings. The number of nitrogens with one attached hydrogen (secondary N) is 1. The maximum absolute atomic E-state index is 13.3. The van der Waals surface area contributed by atoms with E-state index >= 15 is 0 Å². The van der Waals surface area contributed by atoms with Gasteiger partial charge in [-0.1, -0.05) is 12.2 Å². The summed E-state index contributed by atoms with van der Waals surface area (Å²) < 4.78 is 43.9. The van der Waals surface area contributed by atoms with Crippen LogP contribution >= 0.6 is 0 Å². The molecule has 0 heterocycles. The van der Waals surface area contributed by atoms with E-state index in [0.29, 0.717) is 0 Å². The molecule has 0 unspecified atom stereocenters. The number of rotatable bonds is 3. The number of ether oxygens (including phenoxy) is 1. The molecule has 110 valence electrons. The number of hydrogen-bond acceptors (Lipinski definition) is 2. The minimum atomic E-state index is -1.52. The van der Waals surface area contributed by atoms with Gasteiger partial charge in [-0.3, -0.25) is 0 Å². The van der Waals surface area contributed by atoms with E-state index in [-0.39, 0.29) is 12.1 Å². The quantitative estimate of drug-likeness (QED) is 0.862. The Hall–Kier alpha value is -1.98. The summed E-state index contributed by atoms with van der Waals surface area (Å²) in [5.74, 6) is -4.03. The summed E-state index contributed by atoms with van der Waals surface area (Å²) in [7, 11) is 0. The van der Waals surface area contributed by atoms with Crippen LogP contribution in [0.2, 0.25) is 0 Å². The molecule has 1 amide bonds. The molecule has 0 aliphatic heterocycles. The van der Waals surface area contributed by atoms with E-state index in [1.165, 1.54) is 12.2 Å². The lowest BCUT2D eigenvalue weighted by molar-refractivity contribution is 0.0534. The maximum atomic E-state index is 13.3. The Morgan fingerprint density at radius 2 is 1.90 bits per heavy atom. The molecule has 0 spiro atoms. The van der Waals surface area contributed by atoms with Crippen LogP contribution < -0.4 is 5.32 Å². The van der Waals surface area contributed by atoms with E-state index in [0.717, 1.165) is 12.1 Å². The van der Waals surface area contributed by atoms with Gasteiger partial charge in [0, 0.05) is 12.1 Å². The fraction of sp³-hybridized carbons (Fsp3) is 0.357. The third kappa shape index (κ3) is 4.95. The van der Waals surface area contributed by atoms with Gasteiger partial charge in [0.15, 0.2) is 17.5 Å². The molecule has 1 N–H and O–H groups in total. The number of carbonyl (C=O) groups excluding carboxylic acids is 1. The molecule has 20 heavy (non-hydrogen) atoms. The monoisotopic (exact) mass is 287 g/mol. The second kappa shape index (κ2) is 6.45. The van der Waals surface area contributed by atoms with Crippen LogP contribution in [0.15, 0.2) is 18.2 Å². The summed E-state index contributed by atoms with van der Waals surface area (Å²) >= 11 is 0. The molecule has 1 aromatic carbocycles. The highest BCUT2D eigenvalue weighted by Gasteiger charge is 2.15. The Bertz CT molecular complexity index is 522. The molecule has 0 aromatic heterocycles. The van der Waals surface area contributed by atoms with Crippen molar-refractivity contribution in [2.45, 2.75) is 26.4 Å². The average molecular weight is 287 g/mol. The number of halogens is 3. The Balaban J connectivity index is 2.54. The lowest BCUT2D eigenvalue weighted by Crippen LogP contribution is -2.32. The molecule has 0 radical (unpaired) electrons. The van der Waals surface area contributed by atoms with Crippen LogP contribution in [0.1, 0.15) is 26.3 Å². The van der Waals surface area contributed by atoms with E-state index in [9.17, 15) is 18.0 Å². The fourth-order valence-electron chi connectivity index (χ4n) is 1.31. The first kappa shape index (κ1) is 16.1. The predicted molar refractivity (Wildman–Crippen MR) is 69.6 cm³/mol. The molecule has 0 saturated heterocycles. The minimum absolute atomic E-state index is 0.0767. The zero-order chi connectivity index (χ0) is 15.3. The highest BCUT2D eigenvalue weighted by Crippen LogP contribution is 2.16. The van der Waals surface area contributed by atoms with Gasteiger partial charge in [0.2, 0.25) is 0 Å². The van der Waals surface area contributed by atoms with Gasteiger partial charge in [0.1, 0.15) is 5.60 Å². The third-order valence-corrected chi connectivity index (χ3v) is 2.13. The van der Waals surface area contributed by atoms with Crippen molar-refractivity contribution in [1.82, 2.24) is 5.32 Å². The first-order chi connectivity index (χ1) is 9.20. The molecule has 1 aromatic rings. The summed E-state index contributed by atoms with van der Waals surface area (Å²) in [4.78, 5) is 11.3. The van der Waals surface area contributed by atoms with Crippen LogP contribution in [-0.2, 0) is 4.74 Å². The Kier molecular flexibility index (Phi) is 5.19. The van der Waals surface area contributed by atoms with Gasteiger partial charge in [-0.15, -0.1) is 0 Å². The van der Waals surface area contributed by atoms with Gasteiger partial charge in [0.25, 0.3) is 0 Å². The first-order valence-corrected chi connectivity index (χ1v) is 5.97. The largest absolute Gasteiger partial charge is 0.444 e. The summed E-state index contributed by atoms with van der Waals surface area (Å²) in [6, 6.07) is 1.94. The zero-order valence-corrected chi connectivity index (χ0v) is 11.5. The fourth-order valence-corrected chi connectivity index (χ4v) is 1.31. The topological polar surface area (TPSA) is 38.3 Å². The second-order valence-electron chi connectivity index (χ2n) is 5.05. The highest BCUT2D eigenvalue weighted by atomic mass is 19.2. The van der Waals surface area contributed by atoms with Crippen molar-refractivity contribution >= 4 is 12.2 Å². The number of alkyl carbamates (subject to hydrolysis) is 1. The molecule has 3 nitrogen and oxygen atoms in total. The van der Waals surface area contributed by atoms with Crippen molar-refractivity contribution in [3.63, 3.8) is 0 Å². The van der Waals surface area contributed by atoms with Crippen LogP contribution in [0.25, 0.3) is 6.08 Å². The standard InChI is InChI=1S/C14H16F3NO2/c1-14(2,3)20-13(19)18-8-4-5-9-6-7-10(15)12(17)11(9)16/h4-7H,8H2,1-3H3,(H,18,19). The van der Waals surface area contributed by atoms with Crippen LogP contribution in [0.4, 0.5) is 18.0 Å². The summed E-state index contributed by atoms with van der Waals surface area (Å²) in [5, 5.41) is 2.42. The van der Waals surface area contributed by atoms with Crippen molar-refractivity contribution in [3.05, 3.63) is 41.2 Å². The molecule has 0 atom stereocenters. The first-order valence-electron chi connectivity index (χ1n) is 5.97. The summed E-state index contributed by atoms with van der Waals surface area (Å²) in [5.41, 5.74) is -0.713. The maximum Gasteiger partial charge on any atom is 0.407 e. The second-order valence-corrected chi connectivity index (χ2v) is 5.05. The van der Waals surface area contributed by atoms with Gasteiger partial charge in [-0.25, -0.2) is 18.0 Å². The number of benzene rings is 1. The number of hydrogen-bond donors (Lipinski definition) is 1. The lowest BCUT2D eigenvalue weighted by Gasteiger charge is -2.19. The number of amides is 1. The Labute approximate surface area is 115 Å². The van der Waals surface area contributed by atoms with E-state index in [1.54, 1.807) is 20.8 Å². The van der Waals surface area contributed by atoms with Crippen LogP contribution in [0.3, 0.4) is 0 Å². The third-order valence-electron chi connectivity index (χ3n) is 2.13.